The van der Waals surface area contributed by atoms with Gasteiger partial charge < -0.3 is 14.7 Å². The molecule has 24 heavy (non-hydrogen) atoms. The molecule has 0 spiro atoms. The number of nitrogens with one attached hydrogen (secondary N) is 1. The van der Waals surface area contributed by atoms with Crippen molar-refractivity contribution in [1.29, 1.82) is 0 Å². The van der Waals surface area contributed by atoms with Crippen LogP contribution in [-0.4, -0.2) is 63.9 Å². The van der Waals surface area contributed by atoms with Crippen molar-refractivity contribution in [2.24, 2.45) is 4.99 Å². The maximum absolute atomic E-state index is 12.1. The van der Waals surface area contributed by atoms with E-state index in [0.29, 0.717) is 0 Å². The molecule has 2 rings (SSSR count). The number of fused-ring (bicyclic) bond motifs is 1. The second-order valence-corrected chi connectivity index (χ2v) is 4.88. The molecule has 0 aliphatic carbocycles. The highest BCUT2D eigenvalue weighted by Gasteiger charge is 2.22. The van der Waals surface area contributed by atoms with Crippen LogP contribution in [0.2, 0.25) is 0 Å². The topological polar surface area (TPSA) is 138 Å². The van der Waals surface area contributed by atoms with Gasteiger partial charge in [0.15, 0.2) is 11.2 Å². The lowest BCUT2D eigenvalue weighted by Crippen LogP contribution is -2.17. The lowest BCUT2D eigenvalue weighted by Gasteiger charge is -2.07. The lowest BCUT2D eigenvalue weighted by molar-refractivity contribution is 0.0513. The number of ether oxygens (including phenoxy) is 1. The Morgan fingerprint density at radius 2 is 2.12 bits per heavy atom. The summed E-state index contributed by atoms with van der Waals surface area (Å²) >= 11 is 0. The Bertz CT molecular complexity index is 887. The summed E-state index contributed by atoms with van der Waals surface area (Å²) in [5, 5.41) is 9.20. The van der Waals surface area contributed by atoms with Crippen LogP contribution >= 0.6 is 0 Å². The normalized spacial score (nSPS) is 11.0. The first-order valence-corrected chi connectivity index (χ1v) is 6.89. The molecule has 126 valence electrons. The number of aromatic nitrogens is 3. The zero-order valence-electron chi connectivity index (χ0n) is 13.2. The molecule has 0 saturated heterocycles. The fourth-order valence-corrected chi connectivity index (χ4v) is 1.82. The van der Waals surface area contributed by atoms with Gasteiger partial charge in [0.05, 0.1) is 24.0 Å². The average molecular weight is 333 g/mol. The fraction of sp³-hybridized carbons (Fsp3) is 0.286. The third-order valence-corrected chi connectivity index (χ3v) is 2.78. The molecule has 0 unspecified atom stereocenters. The Labute approximate surface area is 135 Å². The number of aliphatic imine (C=N–C) groups is 1. The molecular formula is C14H15N5O5. The minimum absolute atomic E-state index is 0.000818. The molecule has 2 aromatic rings. The SMILES string of the molecule is CCOC(=O)c1cc2nc(/N=C/N(C)C)[nH]c(=O)c2nc1C(=O)O. The molecule has 0 aromatic carbocycles. The Morgan fingerprint density at radius 3 is 2.71 bits per heavy atom. The van der Waals surface area contributed by atoms with E-state index in [1.165, 1.54) is 6.34 Å². The number of pyridine rings is 1. The number of hydrogen-bond donors (Lipinski definition) is 2. The van der Waals surface area contributed by atoms with Crippen LogP contribution in [0.25, 0.3) is 11.0 Å². The van der Waals surface area contributed by atoms with E-state index >= 15 is 0 Å². The van der Waals surface area contributed by atoms with Crippen LogP contribution < -0.4 is 5.56 Å². The second-order valence-electron chi connectivity index (χ2n) is 4.88. The molecule has 0 amide bonds. The van der Waals surface area contributed by atoms with E-state index in [0.717, 1.165) is 6.07 Å². The van der Waals surface area contributed by atoms with Crippen molar-refractivity contribution in [3.8, 4) is 0 Å². The van der Waals surface area contributed by atoms with Crippen LogP contribution in [0.5, 0.6) is 0 Å². The predicted octanol–water partition coefficient (Wildman–Crippen LogP) is 0.414. The number of carboxylic acids is 1. The van der Waals surface area contributed by atoms with E-state index in [2.05, 4.69) is 19.9 Å². The van der Waals surface area contributed by atoms with Crippen molar-refractivity contribution in [1.82, 2.24) is 19.9 Å². The fourth-order valence-electron chi connectivity index (χ4n) is 1.82. The number of carbonyl (C=O) groups excluding carboxylic acids is 1. The molecule has 0 aliphatic rings. The summed E-state index contributed by atoms with van der Waals surface area (Å²) in [6, 6.07) is 1.16. The van der Waals surface area contributed by atoms with Gasteiger partial charge in [-0.1, -0.05) is 0 Å². The monoisotopic (exact) mass is 333 g/mol. The first-order valence-electron chi connectivity index (χ1n) is 6.89. The van der Waals surface area contributed by atoms with Gasteiger partial charge in [0.25, 0.3) is 5.56 Å². The molecule has 0 radical (unpaired) electrons. The molecule has 2 heterocycles. The van der Waals surface area contributed by atoms with E-state index < -0.39 is 23.2 Å². The minimum Gasteiger partial charge on any atom is -0.476 e. The van der Waals surface area contributed by atoms with E-state index in [4.69, 9.17) is 4.74 Å². The molecule has 0 fully saturated rings. The quantitative estimate of drug-likeness (QED) is 0.456. The number of aromatic carboxylic acids is 1. The summed E-state index contributed by atoms with van der Waals surface area (Å²) in [7, 11) is 3.48. The third-order valence-electron chi connectivity index (χ3n) is 2.78. The highest BCUT2D eigenvalue weighted by atomic mass is 16.5. The maximum Gasteiger partial charge on any atom is 0.355 e. The van der Waals surface area contributed by atoms with Crippen molar-refractivity contribution in [3.05, 3.63) is 27.7 Å². The van der Waals surface area contributed by atoms with Crippen LogP contribution in [0.4, 0.5) is 5.95 Å². The van der Waals surface area contributed by atoms with E-state index in [-0.39, 0.29) is 29.2 Å². The summed E-state index contributed by atoms with van der Waals surface area (Å²) in [4.78, 5) is 51.1. The summed E-state index contributed by atoms with van der Waals surface area (Å²) in [6.45, 7) is 1.65. The van der Waals surface area contributed by atoms with E-state index in [1.54, 1.807) is 25.9 Å². The van der Waals surface area contributed by atoms with Gasteiger partial charge >= 0.3 is 11.9 Å². The Balaban J connectivity index is 2.69. The molecule has 10 heteroatoms. The number of carbonyl (C=O) groups is 2. The van der Waals surface area contributed by atoms with Crippen LogP contribution in [0.1, 0.15) is 27.8 Å². The van der Waals surface area contributed by atoms with Crippen molar-refractivity contribution in [3.63, 3.8) is 0 Å². The van der Waals surface area contributed by atoms with Crippen molar-refractivity contribution < 1.29 is 19.4 Å². The van der Waals surface area contributed by atoms with Crippen LogP contribution in [0.15, 0.2) is 15.9 Å². The minimum atomic E-state index is -1.45. The van der Waals surface area contributed by atoms with Crippen LogP contribution in [-0.2, 0) is 4.74 Å². The number of hydrogen-bond acceptors (Lipinski definition) is 7. The Morgan fingerprint density at radius 1 is 1.42 bits per heavy atom. The first-order chi connectivity index (χ1) is 11.3. The number of rotatable bonds is 5. The van der Waals surface area contributed by atoms with Gasteiger partial charge in [-0.2, -0.15) is 0 Å². The molecule has 0 bridgehead atoms. The lowest BCUT2D eigenvalue weighted by atomic mass is 10.1. The zero-order chi connectivity index (χ0) is 17.9. The van der Waals surface area contributed by atoms with Crippen molar-refractivity contribution in [2.75, 3.05) is 20.7 Å². The summed E-state index contributed by atoms with van der Waals surface area (Å²) < 4.78 is 4.81. The summed E-state index contributed by atoms with van der Waals surface area (Å²) in [5.74, 6) is -2.31. The molecule has 2 aromatic heterocycles. The van der Waals surface area contributed by atoms with E-state index in [1.807, 2.05) is 0 Å². The smallest absolute Gasteiger partial charge is 0.355 e. The van der Waals surface area contributed by atoms with Gasteiger partial charge in [0, 0.05) is 14.1 Å². The van der Waals surface area contributed by atoms with Gasteiger partial charge in [-0.15, -0.1) is 0 Å². The van der Waals surface area contributed by atoms with Gasteiger partial charge in [0.1, 0.15) is 0 Å². The molecule has 2 N–H and O–H groups in total. The third kappa shape index (κ3) is 3.54. The number of nitrogens with zero attached hydrogens (tertiary/aromatic N) is 4. The highest BCUT2D eigenvalue weighted by molar-refractivity contribution is 6.03. The zero-order valence-corrected chi connectivity index (χ0v) is 13.2. The maximum atomic E-state index is 12.1. The van der Waals surface area contributed by atoms with Crippen molar-refractivity contribution in [2.45, 2.75) is 6.92 Å². The molecule has 0 saturated carbocycles. The van der Waals surface area contributed by atoms with E-state index in [9.17, 15) is 19.5 Å². The van der Waals surface area contributed by atoms with Crippen molar-refractivity contribution >= 4 is 35.3 Å². The summed E-state index contributed by atoms with van der Waals surface area (Å²) in [5.41, 5.74) is -1.68. The van der Waals surface area contributed by atoms with Crippen LogP contribution in [0, 0.1) is 0 Å². The Kier molecular flexibility index (Phi) is 4.87. The van der Waals surface area contributed by atoms with Gasteiger partial charge in [-0.25, -0.2) is 24.5 Å². The molecule has 0 atom stereocenters. The molecule has 10 nitrogen and oxygen atoms in total. The largest absolute Gasteiger partial charge is 0.476 e. The van der Waals surface area contributed by atoms with Gasteiger partial charge in [-0.3, -0.25) is 9.78 Å². The number of H-pyrrole nitrogens is 1. The highest BCUT2D eigenvalue weighted by Crippen LogP contribution is 2.16. The average Bonchev–Trinajstić information content (AvgIpc) is 2.52. The van der Waals surface area contributed by atoms with Gasteiger partial charge in [0.2, 0.25) is 5.95 Å². The Hall–Kier alpha value is -3.30. The number of esters is 1. The van der Waals surface area contributed by atoms with Crippen LogP contribution in [0.3, 0.4) is 0 Å². The predicted molar refractivity (Wildman–Crippen MR) is 84.9 cm³/mol. The van der Waals surface area contributed by atoms with Gasteiger partial charge in [-0.05, 0) is 13.0 Å². The second kappa shape index (κ2) is 6.86. The first kappa shape index (κ1) is 17.1. The number of aromatic amines is 1. The molecular weight excluding hydrogens is 318 g/mol. The molecule has 0 aliphatic heterocycles. The summed E-state index contributed by atoms with van der Waals surface area (Å²) in [6.07, 6.45) is 1.43. The standard InChI is InChI=1S/C14H15N5O5/c1-4-24-13(23)7-5-8-10(17-9(7)12(21)22)11(20)18-14(16-8)15-6-19(2)3/h5-6H,4H2,1-3H3,(H,21,22)(H,16,18,20)/b15-6+. The number of carboxylic acid groups (broad SMARTS) is 1.